The predicted octanol–water partition coefficient (Wildman–Crippen LogP) is 4.57. The standard InChI is InChI=1S/C16H12Cl3N3O3/c17-16(18,19)15(23)9-14(21-13-4-2-1-3-12(13)20)10-5-7-11(8-6-10)22(24)25/h1-9,21H,20H2/b14-9-. The molecule has 0 spiro atoms. The number of carbonyl (C=O) groups is 1. The fraction of sp³-hybridized carbons (Fsp3) is 0.0625. The topological polar surface area (TPSA) is 98.3 Å². The SMILES string of the molecule is Nc1ccccc1N/C(=C\C(=O)C(Cl)(Cl)Cl)c1ccc([N+](=O)[O-])cc1. The Labute approximate surface area is 158 Å². The molecule has 3 N–H and O–H groups in total. The lowest BCUT2D eigenvalue weighted by molar-refractivity contribution is -0.384. The number of nitro benzene ring substituents is 1. The summed E-state index contributed by atoms with van der Waals surface area (Å²) >= 11 is 16.8. The van der Waals surface area contributed by atoms with Crippen molar-refractivity contribution in [3.8, 4) is 0 Å². The molecule has 2 aromatic rings. The number of nitrogens with one attached hydrogen (secondary N) is 1. The van der Waals surface area contributed by atoms with Crippen LogP contribution in [0, 0.1) is 10.1 Å². The molecule has 0 aliphatic rings. The average molecular weight is 401 g/mol. The molecule has 0 atom stereocenters. The number of allylic oxidation sites excluding steroid dienone is 1. The maximum absolute atomic E-state index is 12.0. The maximum atomic E-state index is 12.0. The van der Waals surface area contributed by atoms with E-state index in [4.69, 9.17) is 40.5 Å². The van der Waals surface area contributed by atoms with Crippen molar-refractivity contribution in [2.75, 3.05) is 11.1 Å². The third-order valence-corrected chi connectivity index (χ3v) is 3.73. The predicted molar refractivity (Wildman–Crippen MR) is 101 cm³/mol. The van der Waals surface area contributed by atoms with Gasteiger partial charge >= 0.3 is 0 Å². The highest BCUT2D eigenvalue weighted by atomic mass is 35.6. The number of carbonyl (C=O) groups excluding carboxylic acids is 1. The molecule has 0 saturated heterocycles. The van der Waals surface area contributed by atoms with Gasteiger partial charge in [0.25, 0.3) is 9.48 Å². The minimum Gasteiger partial charge on any atom is -0.397 e. The van der Waals surface area contributed by atoms with Crippen molar-refractivity contribution >= 4 is 63.3 Å². The first-order valence-electron chi connectivity index (χ1n) is 6.87. The molecule has 0 saturated carbocycles. The number of non-ortho nitro benzene ring substituents is 1. The van der Waals surface area contributed by atoms with E-state index in [0.29, 0.717) is 16.9 Å². The Bertz CT molecular complexity index is 831. The van der Waals surface area contributed by atoms with Crippen LogP contribution in [-0.4, -0.2) is 14.5 Å². The molecule has 0 bridgehead atoms. The molecule has 0 radical (unpaired) electrons. The van der Waals surface area contributed by atoms with Crippen LogP contribution in [0.4, 0.5) is 17.1 Å². The lowest BCUT2D eigenvalue weighted by Gasteiger charge is -2.14. The first-order chi connectivity index (χ1) is 11.7. The van der Waals surface area contributed by atoms with Crippen molar-refractivity contribution in [3.63, 3.8) is 0 Å². The average Bonchev–Trinajstić information content (AvgIpc) is 2.55. The molecule has 0 heterocycles. The molecule has 9 heteroatoms. The van der Waals surface area contributed by atoms with Gasteiger partial charge in [0.15, 0.2) is 0 Å². The molecular formula is C16H12Cl3N3O3. The Morgan fingerprint density at radius 2 is 1.72 bits per heavy atom. The molecule has 0 unspecified atom stereocenters. The van der Waals surface area contributed by atoms with Gasteiger partial charge in [0, 0.05) is 23.9 Å². The number of para-hydroxylation sites is 2. The second-order valence-corrected chi connectivity index (χ2v) is 7.22. The van der Waals surface area contributed by atoms with E-state index >= 15 is 0 Å². The fourth-order valence-corrected chi connectivity index (χ4v) is 2.09. The molecule has 130 valence electrons. The van der Waals surface area contributed by atoms with Crippen LogP contribution < -0.4 is 11.1 Å². The minimum atomic E-state index is -2.13. The van der Waals surface area contributed by atoms with Crippen molar-refractivity contribution in [3.05, 3.63) is 70.3 Å². The lowest BCUT2D eigenvalue weighted by Crippen LogP contribution is -2.17. The zero-order valence-electron chi connectivity index (χ0n) is 12.6. The highest BCUT2D eigenvalue weighted by Crippen LogP contribution is 2.30. The Balaban J connectivity index is 2.45. The van der Waals surface area contributed by atoms with Gasteiger partial charge in [0.05, 0.1) is 16.3 Å². The van der Waals surface area contributed by atoms with Gasteiger partial charge in [0.1, 0.15) is 0 Å². The second-order valence-electron chi connectivity index (χ2n) is 4.94. The number of nitro groups is 1. The zero-order valence-corrected chi connectivity index (χ0v) is 14.8. The number of rotatable bonds is 5. The fourth-order valence-electron chi connectivity index (χ4n) is 1.92. The Morgan fingerprint density at radius 3 is 2.24 bits per heavy atom. The third-order valence-electron chi connectivity index (χ3n) is 3.17. The van der Waals surface area contributed by atoms with Gasteiger partial charge in [0.2, 0.25) is 5.78 Å². The van der Waals surface area contributed by atoms with Gasteiger partial charge < -0.3 is 11.1 Å². The van der Waals surface area contributed by atoms with Crippen molar-refractivity contribution in [1.29, 1.82) is 0 Å². The Kier molecular flexibility index (Phi) is 5.89. The number of ketones is 1. The summed E-state index contributed by atoms with van der Waals surface area (Å²) in [6.45, 7) is 0. The van der Waals surface area contributed by atoms with Crippen molar-refractivity contribution in [2.45, 2.75) is 3.79 Å². The summed E-state index contributed by atoms with van der Waals surface area (Å²) in [6.07, 6.45) is 1.11. The van der Waals surface area contributed by atoms with Crippen LogP contribution in [0.15, 0.2) is 54.6 Å². The van der Waals surface area contributed by atoms with Crippen LogP contribution in [-0.2, 0) is 4.79 Å². The minimum absolute atomic E-state index is 0.0879. The molecule has 0 fully saturated rings. The van der Waals surface area contributed by atoms with Gasteiger partial charge in [-0.15, -0.1) is 0 Å². The smallest absolute Gasteiger partial charge is 0.269 e. The Hall–Kier alpha value is -2.28. The number of hydrogen-bond acceptors (Lipinski definition) is 5. The Morgan fingerprint density at radius 1 is 1.12 bits per heavy atom. The van der Waals surface area contributed by atoms with E-state index in [1.165, 1.54) is 24.3 Å². The first kappa shape index (κ1) is 19.1. The second kappa shape index (κ2) is 7.74. The van der Waals surface area contributed by atoms with Crippen LogP contribution in [0.5, 0.6) is 0 Å². The monoisotopic (exact) mass is 399 g/mol. The summed E-state index contributed by atoms with van der Waals surface area (Å²) in [7, 11) is 0. The molecule has 2 rings (SSSR count). The van der Waals surface area contributed by atoms with E-state index < -0.39 is 14.5 Å². The molecule has 0 aliphatic heterocycles. The van der Waals surface area contributed by atoms with Crippen molar-refractivity contribution in [2.24, 2.45) is 0 Å². The summed E-state index contributed by atoms with van der Waals surface area (Å²) < 4.78 is -2.13. The number of nitrogens with zero attached hydrogens (tertiary/aromatic N) is 1. The number of hydrogen-bond donors (Lipinski definition) is 2. The van der Waals surface area contributed by atoms with Gasteiger partial charge in [-0.05, 0) is 29.8 Å². The maximum Gasteiger partial charge on any atom is 0.269 e. The van der Waals surface area contributed by atoms with Gasteiger partial charge in [-0.3, -0.25) is 14.9 Å². The molecule has 25 heavy (non-hydrogen) atoms. The molecule has 0 amide bonds. The van der Waals surface area contributed by atoms with Crippen molar-refractivity contribution < 1.29 is 9.72 Å². The van der Waals surface area contributed by atoms with Crippen LogP contribution in [0.25, 0.3) is 5.70 Å². The summed E-state index contributed by atoms with van der Waals surface area (Å²) in [5.74, 6) is -0.771. The molecule has 0 aromatic heterocycles. The summed E-state index contributed by atoms with van der Waals surface area (Å²) in [5.41, 5.74) is 7.53. The summed E-state index contributed by atoms with van der Waals surface area (Å²) in [6, 6.07) is 12.4. The van der Waals surface area contributed by atoms with Crippen LogP contribution in [0.3, 0.4) is 0 Å². The quantitative estimate of drug-likeness (QED) is 0.252. The molecule has 6 nitrogen and oxygen atoms in total. The molecule has 2 aromatic carbocycles. The lowest BCUT2D eigenvalue weighted by atomic mass is 10.1. The largest absolute Gasteiger partial charge is 0.397 e. The van der Waals surface area contributed by atoms with E-state index in [9.17, 15) is 14.9 Å². The van der Waals surface area contributed by atoms with E-state index in [2.05, 4.69) is 5.32 Å². The van der Waals surface area contributed by atoms with Gasteiger partial charge in [-0.1, -0.05) is 46.9 Å². The van der Waals surface area contributed by atoms with E-state index in [0.717, 1.165) is 6.08 Å². The van der Waals surface area contributed by atoms with E-state index in [1.54, 1.807) is 24.3 Å². The van der Waals surface area contributed by atoms with Gasteiger partial charge in [-0.2, -0.15) is 0 Å². The van der Waals surface area contributed by atoms with Gasteiger partial charge in [-0.25, -0.2) is 0 Å². The molecule has 0 aliphatic carbocycles. The van der Waals surface area contributed by atoms with E-state index in [1.807, 2.05) is 0 Å². The number of nitrogens with two attached hydrogens (primary N) is 1. The number of alkyl halides is 3. The normalized spacial score (nSPS) is 11.9. The van der Waals surface area contributed by atoms with Crippen molar-refractivity contribution in [1.82, 2.24) is 0 Å². The van der Waals surface area contributed by atoms with Crippen LogP contribution in [0.2, 0.25) is 0 Å². The number of benzene rings is 2. The summed E-state index contributed by atoms with van der Waals surface area (Å²) in [4.78, 5) is 22.3. The zero-order chi connectivity index (χ0) is 18.6. The van der Waals surface area contributed by atoms with Crippen LogP contribution >= 0.6 is 34.8 Å². The highest BCUT2D eigenvalue weighted by Gasteiger charge is 2.29. The number of anilines is 2. The number of halogens is 3. The van der Waals surface area contributed by atoms with E-state index in [-0.39, 0.29) is 11.4 Å². The number of nitrogen functional groups attached to an aromatic ring is 1. The van der Waals surface area contributed by atoms with Crippen LogP contribution in [0.1, 0.15) is 5.56 Å². The summed E-state index contributed by atoms with van der Waals surface area (Å²) in [5, 5.41) is 13.8. The first-order valence-corrected chi connectivity index (χ1v) is 8.01. The molecular weight excluding hydrogens is 389 g/mol. The third kappa shape index (κ3) is 5.09. The highest BCUT2D eigenvalue weighted by molar-refractivity contribution is 6.77.